The first-order chi connectivity index (χ1) is 23.4. The SMILES string of the molecule is CC(C)C.CCC1CCC2(CC1)N=C(c1cccc(S(C)(=O)=O)c1)C(OC)N2C(CCC(C)(C)C)c1ccc(C(=O)NCCC(=O)OC)cc1. The van der Waals surface area contributed by atoms with Gasteiger partial charge in [0.2, 0.25) is 0 Å². The van der Waals surface area contributed by atoms with Crippen LogP contribution < -0.4 is 5.32 Å². The third kappa shape index (κ3) is 11.2. The van der Waals surface area contributed by atoms with Gasteiger partial charge < -0.3 is 14.8 Å². The van der Waals surface area contributed by atoms with Crippen LogP contribution in [0.3, 0.4) is 0 Å². The Kier molecular flexibility index (Phi) is 14.8. The Morgan fingerprint density at radius 3 is 2.18 bits per heavy atom. The summed E-state index contributed by atoms with van der Waals surface area (Å²) in [5, 5.41) is 2.79. The van der Waals surface area contributed by atoms with E-state index in [2.05, 4.69) is 63.4 Å². The monoisotopic (exact) mass is 711 g/mol. The van der Waals surface area contributed by atoms with E-state index in [-0.39, 0.29) is 41.2 Å². The molecule has 1 aliphatic carbocycles. The molecular weight excluding hydrogens is 651 g/mol. The van der Waals surface area contributed by atoms with Crippen LogP contribution in [0.5, 0.6) is 0 Å². The fourth-order valence-corrected chi connectivity index (χ4v) is 7.42. The molecule has 2 aromatic carbocycles. The highest BCUT2D eigenvalue weighted by atomic mass is 32.2. The van der Waals surface area contributed by atoms with Gasteiger partial charge >= 0.3 is 5.97 Å². The molecule has 0 aromatic heterocycles. The molecule has 4 rings (SSSR count). The Morgan fingerprint density at radius 1 is 1.04 bits per heavy atom. The Hall–Kier alpha value is -3.08. The minimum Gasteiger partial charge on any atom is -0.469 e. The molecule has 1 aliphatic heterocycles. The summed E-state index contributed by atoms with van der Waals surface area (Å²) < 4.78 is 36.0. The van der Waals surface area contributed by atoms with Crippen molar-refractivity contribution in [2.45, 2.75) is 123 Å². The van der Waals surface area contributed by atoms with Crippen LogP contribution in [0.1, 0.15) is 127 Å². The van der Waals surface area contributed by atoms with Gasteiger partial charge in [-0.25, -0.2) is 13.3 Å². The number of methoxy groups -OCH3 is 2. The van der Waals surface area contributed by atoms with E-state index in [4.69, 9.17) is 9.73 Å². The lowest BCUT2D eigenvalue weighted by atomic mass is 9.78. The van der Waals surface area contributed by atoms with Gasteiger partial charge in [0.05, 0.1) is 24.1 Å². The number of hydrogen-bond acceptors (Lipinski definition) is 8. The number of nitrogens with one attached hydrogen (secondary N) is 1. The topological polar surface area (TPSA) is 114 Å². The van der Waals surface area contributed by atoms with E-state index < -0.39 is 21.7 Å². The first-order valence-corrected chi connectivity index (χ1v) is 20.0. The van der Waals surface area contributed by atoms with E-state index in [0.29, 0.717) is 11.5 Å². The average molecular weight is 712 g/mol. The van der Waals surface area contributed by atoms with Crippen LogP contribution in [-0.4, -0.2) is 69.8 Å². The van der Waals surface area contributed by atoms with Gasteiger partial charge in [0, 0.05) is 37.1 Å². The molecule has 0 radical (unpaired) electrons. The number of sulfone groups is 1. The minimum atomic E-state index is -3.41. The third-order valence-electron chi connectivity index (χ3n) is 9.46. The number of benzene rings is 2. The van der Waals surface area contributed by atoms with E-state index in [0.717, 1.165) is 67.7 Å². The van der Waals surface area contributed by atoms with Gasteiger partial charge in [-0.15, -0.1) is 0 Å². The van der Waals surface area contributed by atoms with Crippen LogP contribution in [0.15, 0.2) is 58.4 Å². The van der Waals surface area contributed by atoms with Gasteiger partial charge in [0.1, 0.15) is 5.66 Å². The minimum absolute atomic E-state index is 0.0712. The number of rotatable bonds is 12. The van der Waals surface area contributed by atoms with Crippen LogP contribution >= 0.6 is 0 Å². The summed E-state index contributed by atoms with van der Waals surface area (Å²) >= 11 is 0. The molecule has 1 heterocycles. The zero-order valence-corrected chi connectivity index (χ0v) is 32.9. The maximum absolute atomic E-state index is 12.9. The Balaban J connectivity index is 0.00000160. The zero-order chi connectivity index (χ0) is 37.3. The number of esters is 1. The molecule has 1 spiro atoms. The zero-order valence-electron chi connectivity index (χ0n) is 32.0. The lowest BCUT2D eigenvalue weighted by Crippen LogP contribution is -2.53. The first kappa shape index (κ1) is 41.3. The van der Waals surface area contributed by atoms with Gasteiger partial charge in [-0.3, -0.25) is 14.6 Å². The van der Waals surface area contributed by atoms with Gasteiger partial charge in [-0.1, -0.05) is 79.2 Å². The molecule has 2 aliphatic rings. The summed E-state index contributed by atoms with van der Waals surface area (Å²) in [5.74, 6) is 0.858. The summed E-state index contributed by atoms with van der Waals surface area (Å²) in [4.78, 5) is 32.5. The van der Waals surface area contributed by atoms with Gasteiger partial charge in [0.25, 0.3) is 5.91 Å². The van der Waals surface area contributed by atoms with Crippen molar-refractivity contribution in [3.05, 3.63) is 65.2 Å². The van der Waals surface area contributed by atoms with Gasteiger partial charge in [-0.05, 0) is 85.6 Å². The van der Waals surface area contributed by atoms with Gasteiger partial charge in [0.15, 0.2) is 16.1 Å². The van der Waals surface area contributed by atoms with E-state index in [1.807, 2.05) is 30.3 Å². The molecule has 0 bridgehead atoms. The molecule has 1 fully saturated rings. The van der Waals surface area contributed by atoms with Crippen molar-refractivity contribution >= 4 is 27.4 Å². The summed E-state index contributed by atoms with van der Waals surface area (Å²) in [6, 6.07) is 14.7. The number of nitrogens with zero attached hydrogens (tertiary/aromatic N) is 2. The fraction of sp³-hybridized carbons (Fsp3) is 0.625. The summed E-state index contributed by atoms with van der Waals surface area (Å²) in [6.07, 6.45) is 7.65. The molecule has 2 aromatic rings. The van der Waals surface area contributed by atoms with Crippen molar-refractivity contribution < 1.29 is 27.5 Å². The number of carbonyl (C=O) groups is 2. The van der Waals surface area contributed by atoms with Crippen molar-refractivity contribution in [2.75, 3.05) is 27.0 Å². The molecule has 2 atom stereocenters. The first-order valence-electron chi connectivity index (χ1n) is 18.1. The second kappa shape index (κ2) is 17.9. The summed E-state index contributed by atoms with van der Waals surface area (Å²) in [7, 11) is -0.380. The largest absolute Gasteiger partial charge is 0.469 e. The predicted octanol–water partition coefficient (Wildman–Crippen LogP) is 7.99. The van der Waals surface area contributed by atoms with Crippen molar-refractivity contribution in [2.24, 2.45) is 22.2 Å². The van der Waals surface area contributed by atoms with Crippen LogP contribution in [0.2, 0.25) is 0 Å². The average Bonchev–Trinajstić information content (AvgIpc) is 3.37. The van der Waals surface area contributed by atoms with Crippen molar-refractivity contribution in [3.63, 3.8) is 0 Å². The molecule has 1 saturated carbocycles. The smallest absolute Gasteiger partial charge is 0.307 e. The maximum atomic E-state index is 12.9. The second-order valence-corrected chi connectivity index (χ2v) is 17.7. The Labute approximate surface area is 301 Å². The molecule has 278 valence electrons. The lowest BCUT2D eigenvalue weighted by Gasteiger charge is -2.47. The second-order valence-electron chi connectivity index (χ2n) is 15.7. The third-order valence-corrected chi connectivity index (χ3v) is 10.6. The number of hydrogen-bond donors (Lipinski definition) is 1. The standard InChI is InChI=1S/C36H51N3O6S.C4H10/c1-8-25-16-21-36(22-17-25)38-32(28-10-9-11-29(24-28)46(7,42)43)34(45-6)39(36)30(18-20-35(2,3)4)26-12-14-27(15-13-26)33(41)37-23-19-31(40)44-5;1-4(2)3/h9-15,24-25,30,34H,8,16-23H2,1-7H3,(H,37,41);4H,1-3H3. The molecule has 9 nitrogen and oxygen atoms in total. The molecule has 1 amide bonds. The molecular formula is C40H61N3O6S. The molecule has 0 saturated heterocycles. The Morgan fingerprint density at radius 2 is 1.66 bits per heavy atom. The highest BCUT2D eigenvalue weighted by molar-refractivity contribution is 7.90. The van der Waals surface area contributed by atoms with E-state index >= 15 is 0 Å². The lowest BCUT2D eigenvalue weighted by molar-refractivity contribution is -0.140. The fourth-order valence-electron chi connectivity index (χ4n) is 6.75. The molecule has 2 unspecified atom stereocenters. The van der Waals surface area contributed by atoms with Crippen molar-refractivity contribution in [3.8, 4) is 0 Å². The number of amides is 1. The van der Waals surface area contributed by atoms with Gasteiger partial charge in [-0.2, -0.15) is 0 Å². The maximum Gasteiger partial charge on any atom is 0.307 e. The van der Waals surface area contributed by atoms with Crippen LogP contribution in [0.25, 0.3) is 0 Å². The summed E-state index contributed by atoms with van der Waals surface area (Å²) in [6.45, 7) is 15.7. The molecule has 10 heteroatoms. The van der Waals surface area contributed by atoms with E-state index in [1.165, 1.54) is 13.4 Å². The number of aliphatic imine (C=N–C) groups is 1. The number of carbonyl (C=O) groups excluding carboxylic acids is 2. The predicted molar refractivity (Wildman–Crippen MR) is 201 cm³/mol. The Bertz CT molecular complexity index is 1550. The molecule has 1 N–H and O–H groups in total. The quantitative estimate of drug-likeness (QED) is 0.222. The highest BCUT2D eigenvalue weighted by Crippen LogP contribution is 2.49. The van der Waals surface area contributed by atoms with Crippen molar-refractivity contribution in [1.82, 2.24) is 10.2 Å². The molecule has 50 heavy (non-hydrogen) atoms. The highest BCUT2D eigenvalue weighted by Gasteiger charge is 2.53. The van der Waals surface area contributed by atoms with E-state index in [1.54, 1.807) is 25.3 Å². The van der Waals surface area contributed by atoms with Crippen molar-refractivity contribution in [1.29, 1.82) is 0 Å². The number of ether oxygens (including phenoxy) is 2. The van der Waals surface area contributed by atoms with E-state index in [9.17, 15) is 18.0 Å². The normalized spacial score (nSPS) is 21.7. The van der Waals surface area contributed by atoms with Crippen LogP contribution in [0.4, 0.5) is 0 Å². The van der Waals surface area contributed by atoms with Crippen LogP contribution in [0, 0.1) is 17.3 Å². The summed E-state index contributed by atoms with van der Waals surface area (Å²) in [5.41, 5.74) is 2.67. The van der Waals surface area contributed by atoms with Crippen LogP contribution in [-0.2, 0) is 24.1 Å².